The normalized spacial score (nSPS) is 13.7. The number of aliphatic hydroxyl groups excluding tert-OH is 1. The minimum Gasteiger partial charge on any atom is -0.493 e. The molecule has 0 aliphatic carbocycles. The molecule has 19 heavy (non-hydrogen) atoms. The molecular formula is C15H25NO3. The predicted octanol–water partition coefficient (Wildman–Crippen LogP) is 2.91. The Morgan fingerprint density at radius 2 is 2.00 bits per heavy atom. The molecule has 2 N–H and O–H groups in total. The van der Waals surface area contributed by atoms with Gasteiger partial charge in [-0.05, 0) is 25.0 Å². The highest BCUT2D eigenvalue weighted by Gasteiger charge is 2.11. The highest BCUT2D eigenvalue weighted by molar-refractivity contribution is 5.55. The fourth-order valence-corrected chi connectivity index (χ4v) is 1.79. The van der Waals surface area contributed by atoms with Gasteiger partial charge in [-0.1, -0.05) is 20.3 Å². The van der Waals surface area contributed by atoms with Crippen LogP contribution in [0.4, 0.5) is 5.69 Å². The summed E-state index contributed by atoms with van der Waals surface area (Å²) in [5, 5.41) is 12.3. The zero-order valence-corrected chi connectivity index (χ0v) is 12.3. The average molecular weight is 267 g/mol. The van der Waals surface area contributed by atoms with E-state index in [-0.39, 0.29) is 13.2 Å². The molecule has 0 amide bonds. The van der Waals surface area contributed by atoms with Crippen LogP contribution in [-0.4, -0.2) is 31.5 Å². The van der Waals surface area contributed by atoms with Gasteiger partial charge in [-0.15, -0.1) is 0 Å². The molecule has 0 saturated heterocycles. The molecule has 0 saturated carbocycles. The third kappa shape index (κ3) is 4.63. The maximum absolute atomic E-state index is 8.83. The topological polar surface area (TPSA) is 50.7 Å². The quantitative estimate of drug-likeness (QED) is 0.760. The van der Waals surface area contributed by atoms with Gasteiger partial charge in [0.25, 0.3) is 0 Å². The van der Waals surface area contributed by atoms with Crippen molar-refractivity contribution >= 4 is 5.69 Å². The van der Waals surface area contributed by atoms with E-state index in [1.807, 2.05) is 18.2 Å². The second-order valence-electron chi connectivity index (χ2n) is 4.76. The minimum atomic E-state index is -0.00984. The Morgan fingerprint density at radius 1 is 1.26 bits per heavy atom. The van der Waals surface area contributed by atoms with Crippen LogP contribution in [0.1, 0.15) is 27.2 Å². The lowest BCUT2D eigenvalue weighted by molar-refractivity contribution is 0.196. The molecule has 2 unspecified atom stereocenters. The van der Waals surface area contributed by atoms with Crippen LogP contribution in [0.25, 0.3) is 0 Å². The van der Waals surface area contributed by atoms with Crippen LogP contribution >= 0.6 is 0 Å². The first-order valence-corrected chi connectivity index (χ1v) is 6.80. The van der Waals surface area contributed by atoms with Gasteiger partial charge in [0, 0.05) is 17.8 Å². The Hall–Kier alpha value is -1.42. The van der Waals surface area contributed by atoms with E-state index in [1.54, 1.807) is 7.11 Å². The van der Waals surface area contributed by atoms with Gasteiger partial charge in [0.1, 0.15) is 6.61 Å². The predicted molar refractivity (Wildman–Crippen MR) is 78.1 cm³/mol. The highest BCUT2D eigenvalue weighted by Crippen LogP contribution is 2.30. The van der Waals surface area contributed by atoms with E-state index in [1.165, 1.54) is 0 Å². The molecule has 0 fully saturated rings. The Kier molecular flexibility index (Phi) is 6.50. The molecule has 2 atom stereocenters. The third-order valence-corrected chi connectivity index (χ3v) is 3.40. The van der Waals surface area contributed by atoms with Crippen molar-refractivity contribution in [2.24, 2.45) is 5.92 Å². The number of rotatable bonds is 8. The molecule has 0 aliphatic rings. The van der Waals surface area contributed by atoms with Gasteiger partial charge in [0.2, 0.25) is 0 Å². The molecule has 1 aromatic rings. The van der Waals surface area contributed by atoms with Gasteiger partial charge in [-0.25, -0.2) is 0 Å². The highest BCUT2D eigenvalue weighted by atomic mass is 16.5. The molecule has 0 bridgehead atoms. The van der Waals surface area contributed by atoms with Crippen LogP contribution in [0.15, 0.2) is 18.2 Å². The van der Waals surface area contributed by atoms with Crippen molar-refractivity contribution in [3.8, 4) is 11.5 Å². The number of aliphatic hydroxyl groups is 1. The zero-order chi connectivity index (χ0) is 14.3. The molecule has 4 heteroatoms. The largest absolute Gasteiger partial charge is 0.493 e. The van der Waals surface area contributed by atoms with Gasteiger partial charge < -0.3 is 19.9 Å². The molecule has 0 spiro atoms. The SMILES string of the molecule is CCC(C)C(C)Nc1ccc(OC)c(OCCO)c1. The van der Waals surface area contributed by atoms with Gasteiger partial charge >= 0.3 is 0 Å². The van der Waals surface area contributed by atoms with E-state index >= 15 is 0 Å². The lowest BCUT2D eigenvalue weighted by Crippen LogP contribution is -2.23. The molecular weight excluding hydrogens is 242 g/mol. The maximum Gasteiger partial charge on any atom is 0.163 e. The van der Waals surface area contributed by atoms with Gasteiger partial charge in [-0.3, -0.25) is 0 Å². The third-order valence-electron chi connectivity index (χ3n) is 3.40. The molecule has 1 rings (SSSR count). The Bertz CT molecular complexity index is 382. The summed E-state index contributed by atoms with van der Waals surface area (Å²) in [5.41, 5.74) is 1.00. The lowest BCUT2D eigenvalue weighted by Gasteiger charge is -2.22. The summed E-state index contributed by atoms with van der Waals surface area (Å²) in [7, 11) is 1.61. The van der Waals surface area contributed by atoms with E-state index in [0.717, 1.165) is 12.1 Å². The molecule has 108 valence electrons. The summed E-state index contributed by atoms with van der Waals surface area (Å²) < 4.78 is 10.7. The number of benzene rings is 1. The zero-order valence-electron chi connectivity index (χ0n) is 12.3. The first kappa shape index (κ1) is 15.6. The van der Waals surface area contributed by atoms with Crippen molar-refractivity contribution in [1.29, 1.82) is 0 Å². The number of ether oxygens (including phenoxy) is 2. The van der Waals surface area contributed by atoms with E-state index in [9.17, 15) is 0 Å². The second kappa shape index (κ2) is 7.89. The van der Waals surface area contributed by atoms with Crippen molar-refractivity contribution < 1.29 is 14.6 Å². The van der Waals surface area contributed by atoms with Crippen molar-refractivity contribution in [3.05, 3.63) is 18.2 Å². The maximum atomic E-state index is 8.83. The summed E-state index contributed by atoms with van der Waals surface area (Å²) in [5.74, 6) is 1.93. The summed E-state index contributed by atoms with van der Waals surface area (Å²) in [6, 6.07) is 6.15. The summed E-state index contributed by atoms with van der Waals surface area (Å²) in [6.45, 7) is 6.84. The Morgan fingerprint density at radius 3 is 2.58 bits per heavy atom. The van der Waals surface area contributed by atoms with E-state index in [0.29, 0.717) is 23.5 Å². The molecule has 0 aromatic heterocycles. The van der Waals surface area contributed by atoms with Crippen LogP contribution in [0, 0.1) is 5.92 Å². The van der Waals surface area contributed by atoms with Crippen LogP contribution in [0.2, 0.25) is 0 Å². The number of hydrogen-bond donors (Lipinski definition) is 2. The average Bonchev–Trinajstić information content (AvgIpc) is 2.44. The number of hydrogen-bond acceptors (Lipinski definition) is 4. The molecule has 1 aromatic carbocycles. The number of nitrogens with one attached hydrogen (secondary N) is 1. The van der Waals surface area contributed by atoms with Crippen LogP contribution < -0.4 is 14.8 Å². The van der Waals surface area contributed by atoms with Crippen molar-refractivity contribution in [2.45, 2.75) is 33.2 Å². The smallest absolute Gasteiger partial charge is 0.163 e. The van der Waals surface area contributed by atoms with Crippen molar-refractivity contribution in [1.82, 2.24) is 0 Å². The fourth-order valence-electron chi connectivity index (χ4n) is 1.79. The van der Waals surface area contributed by atoms with Crippen LogP contribution in [0.3, 0.4) is 0 Å². The summed E-state index contributed by atoms with van der Waals surface area (Å²) >= 11 is 0. The Labute approximate surface area is 115 Å². The molecule has 0 heterocycles. The number of methoxy groups -OCH3 is 1. The van der Waals surface area contributed by atoms with Crippen LogP contribution in [0.5, 0.6) is 11.5 Å². The van der Waals surface area contributed by atoms with Crippen molar-refractivity contribution in [2.75, 3.05) is 25.6 Å². The second-order valence-corrected chi connectivity index (χ2v) is 4.76. The monoisotopic (exact) mass is 267 g/mol. The molecule has 0 radical (unpaired) electrons. The van der Waals surface area contributed by atoms with Crippen LogP contribution in [-0.2, 0) is 0 Å². The summed E-state index contributed by atoms with van der Waals surface area (Å²) in [6.07, 6.45) is 1.14. The van der Waals surface area contributed by atoms with Gasteiger partial charge in [0.15, 0.2) is 11.5 Å². The molecule has 0 aliphatic heterocycles. The fraction of sp³-hybridized carbons (Fsp3) is 0.600. The first-order chi connectivity index (χ1) is 9.12. The van der Waals surface area contributed by atoms with E-state index in [2.05, 4.69) is 26.1 Å². The minimum absolute atomic E-state index is 0.00984. The summed E-state index contributed by atoms with van der Waals surface area (Å²) in [4.78, 5) is 0. The standard InChI is InChI=1S/C15H25NO3/c1-5-11(2)12(3)16-13-6-7-14(18-4)15(10-13)19-9-8-17/h6-7,10-12,16-17H,5,8-9H2,1-4H3. The van der Waals surface area contributed by atoms with E-state index < -0.39 is 0 Å². The molecule has 4 nitrogen and oxygen atoms in total. The van der Waals surface area contributed by atoms with Crippen molar-refractivity contribution in [3.63, 3.8) is 0 Å². The lowest BCUT2D eigenvalue weighted by atomic mass is 10.0. The van der Waals surface area contributed by atoms with Gasteiger partial charge in [-0.2, -0.15) is 0 Å². The first-order valence-electron chi connectivity index (χ1n) is 6.80. The number of anilines is 1. The Balaban J connectivity index is 2.79. The van der Waals surface area contributed by atoms with E-state index in [4.69, 9.17) is 14.6 Å². The van der Waals surface area contributed by atoms with Gasteiger partial charge in [0.05, 0.1) is 13.7 Å².